The van der Waals surface area contributed by atoms with Crippen LogP contribution in [0, 0.1) is 5.92 Å². The number of esters is 1. The number of aromatic amines is 1. The van der Waals surface area contributed by atoms with Crippen molar-refractivity contribution in [2.45, 2.75) is 88.3 Å². The van der Waals surface area contributed by atoms with Crippen LogP contribution in [0.1, 0.15) is 56.6 Å². The van der Waals surface area contributed by atoms with Crippen molar-refractivity contribution in [2.24, 2.45) is 5.92 Å². The molecule has 13 heteroatoms. The Bertz CT molecular complexity index is 1780. The Morgan fingerprint density at radius 1 is 1.18 bits per heavy atom. The number of ether oxygens (including phenoxy) is 2. The zero-order valence-corrected chi connectivity index (χ0v) is 30.2. The number of aliphatic hydroxyl groups excluding tert-OH is 1. The van der Waals surface area contributed by atoms with Gasteiger partial charge in [-0.25, -0.2) is 0 Å². The van der Waals surface area contributed by atoms with Gasteiger partial charge >= 0.3 is 5.97 Å². The number of fused-ring (bicyclic) bond motifs is 3. The normalized spacial score (nSPS) is 24.7. The number of nitrogens with one attached hydrogen (secondary N) is 2. The van der Waals surface area contributed by atoms with Crippen molar-refractivity contribution in [3.8, 4) is 0 Å². The minimum atomic E-state index is -3.54. The predicted molar refractivity (Wildman–Crippen MR) is 190 cm³/mol. The molecule has 4 heterocycles. The number of hydrogen-bond donors (Lipinski definition) is 3. The van der Waals surface area contributed by atoms with Crippen molar-refractivity contribution >= 4 is 54.4 Å². The molecule has 0 saturated carbocycles. The Kier molecular flexibility index (Phi) is 10.2. The molecule has 3 amide bonds. The molecule has 268 valence electrons. The molecule has 1 spiro atoms. The smallest absolute Gasteiger partial charge is 0.305 e. The van der Waals surface area contributed by atoms with Gasteiger partial charge in [0, 0.05) is 59.3 Å². The number of carbonyl (C=O) groups is 4. The van der Waals surface area contributed by atoms with Crippen molar-refractivity contribution < 1.29 is 37.9 Å². The summed E-state index contributed by atoms with van der Waals surface area (Å²) in [5.74, 6) is -1.75. The molecule has 0 unspecified atom stereocenters. The zero-order chi connectivity index (χ0) is 35.8. The van der Waals surface area contributed by atoms with Crippen LogP contribution < -0.4 is 10.2 Å². The molecule has 3 aliphatic heterocycles. The number of halogens is 1. The molecule has 2 saturated heterocycles. The maximum atomic E-state index is 16.4. The first-order chi connectivity index (χ1) is 23.9. The monoisotopic (exact) mass is 706 g/mol. The van der Waals surface area contributed by atoms with E-state index in [1.54, 1.807) is 41.1 Å². The summed E-state index contributed by atoms with van der Waals surface area (Å²) in [4.78, 5) is 59.9. The van der Waals surface area contributed by atoms with Gasteiger partial charge in [-0.15, -0.1) is 0 Å². The number of benzene rings is 2. The van der Waals surface area contributed by atoms with Gasteiger partial charge in [-0.05, 0) is 68.6 Å². The highest BCUT2D eigenvalue weighted by Gasteiger charge is 2.67. The number of aromatic nitrogens is 1. The standard InChI is InChI=1S/C37H47FN4O7Si/c1-23-35(50(3,4)38)31(20-33(45)41-17-9-10-26(41)22-43)49-37(23)28-19-25(40-32(44)18-24-21-39-29-12-6-5-11-27(24)29)14-15-30(28)42(36(37)47)16-8-7-13-34(46)48-2/h5-6,11-12,14-15,19,21,23,26,31,35,39,43H,7-10,13,16-18,20,22H2,1-4H3,(H,40,44)/t23-,26-,31+,35-,37+/m0/s1. The minimum Gasteiger partial charge on any atom is -0.469 e. The largest absolute Gasteiger partial charge is 0.469 e. The first-order valence-corrected chi connectivity index (χ1v) is 20.5. The molecule has 6 rings (SSSR count). The summed E-state index contributed by atoms with van der Waals surface area (Å²) in [7, 11) is -2.20. The van der Waals surface area contributed by atoms with E-state index in [1.807, 2.05) is 37.4 Å². The number of carbonyl (C=O) groups excluding carboxylic acids is 4. The zero-order valence-electron chi connectivity index (χ0n) is 29.2. The third-order valence-electron chi connectivity index (χ3n) is 10.8. The highest BCUT2D eigenvalue weighted by Crippen LogP contribution is 2.60. The number of rotatable bonds is 12. The Labute approximate surface area is 292 Å². The lowest BCUT2D eigenvalue weighted by atomic mass is 9.82. The predicted octanol–water partition coefficient (Wildman–Crippen LogP) is 5.19. The van der Waals surface area contributed by atoms with Crippen LogP contribution in [0.2, 0.25) is 18.6 Å². The Morgan fingerprint density at radius 3 is 2.70 bits per heavy atom. The molecule has 0 aliphatic carbocycles. The summed E-state index contributed by atoms with van der Waals surface area (Å²) >= 11 is 0. The quantitative estimate of drug-likeness (QED) is 0.102. The minimum absolute atomic E-state index is 0.101. The fourth-order valence-electron chi connectivity index (χ4n) is 8.49. The topological polar surface area (TPSA) is 141 Å². The molecule has 0 radical (unpaired) electrons. The fraction of sp³-hybridized carbons (Fsp3) is 0.514. The Balaban J connectivity index is 1.32. The lowest BCUT2D eigenvalue weighted by molar-refractivity contribution is -0.150. The molecule has 11 nitrogen and oxygen atoms in total. The van der Waals surface area contributed by atoms with Crippen LogP contribution in [0.4, 0.5) is 15.5 Å². The summed E-state index contributed by atoms with van der Waals surface area (Å²) in [6.45, 7) is 5.68. The van der Waals surface area contributed by atoms with Crippen molar-refractivity contribution in [3.05, 3.63) is 59.8 Å². The molecule has 2 fully saturated rings. The van der Waals surface area contributed by atoms with Gasteiger partial charge in [0.25, 0.3) is 5.91 Å². The molecule has 0 bridgehead atoms. The molecule has 1 aromatic heterocycles. The second-order valence-corrected chi connectivity index (χ2v) is 18.1. The van der Waals surface area contributed by atoms with Gasteiger partial charge in [0.05, 0.1) is 44.4 Å². The molecule has 2 aromatic carbocycles. The molecule has 3 N–H and O–H groups in total. The highest BCUT2D eigenvalue weighted by atomic mass is 28.4. The van der Waals surface area contributed by atoms with Crippen LogP contribution >= 0.6 is 0 Å². The third kappa shape index (κ3) is 6.58. The second-order valence-electron chi connectivity index (χ2n) is 14.3. The lowest BCUT2D eigenvalue weighted by Crippen LogP contribution is -2.45. The first-order valence-electron chi connectivity index (χ1n) is 17.5. The number of para-hydroxylation sites is 1. The molecule has 5 atom stereocenters. The van der Waals surface area contributed by atoms with Crippen molar-refractivity contribution in [3.63, 3.8) is 0 Å². The van der Waals surface area contributed by atoms with E-state index in [0.29, 0.717) is 49.3 Å². The molecule has 50 heavy (non-hydrogen) atoms. The molecular weight excluding hydrogens is 660 g/mol. The maximum Gasteiger partial charge on any atom is 0.305 e. The van der Waals surface area contributed by atoms with Crippen molar-refractivity contribution in [1.29, 1.82) is 0 Å². The van der Waals surface area contributed by atoms with Gasteiger partial charge in [-0.2, -0.15) is 0 Å². The van der Waals surface area contributed by atoms with E-state index in [9.17, 15) is 24.3 Å². The van der Waals surface area contributed by atoms with Crippen molar-refractivity contribution in [2.75, 3.05) is 37.0 Å². The molecular formula is C37H47FN4O7Si. The van der Waals surface area contributed by atoms with E-state index in [1.165, 1.54) is 7.11 Å². The number of amides is 3. The van der Waals surface area contributed by atoms with E-state index in [4.69, 9.17) is 9.47 Å². The second kappa shape index (κ2) is 14.3. The van der Waals surface area contributed by atoms with Gasteiger partial charge < -0.3 is 38.8 Å². The number of anilines is 2. The summed E-state index contributed by atoms with van der Waals surface area (Å²) in [5, 5.41) is 13.8. The Hall–Kier alpha value is -4.07. The van der Waals surface area contributed by atoms with Crippen LogP contribution in [-0.2, 0) is 40.7 Å². The SMILES string of the molecule is COC(=O)CCCCN1C(=O)[C@]2(O[C@H](CC(=O)N3CCC[C@H]3CO)[C@@H]([Si](C)(C)F)[C@@H]2C)c2cc(NC(=O)Cc3c[nH]c4ccccc34)ccc21. The van der Waals surface area contributed by atoms with Gasteiger partial charge in [0.2, 0.25) is 20.2 Å². The molecule has 3 aromatic rings. The number of likely N-dealkylation sites (tertiary alicyclic amines) is 1. The number of aliphatic hydroxyl groups is 1. The number of unbranched alkanes of at least 4 members (excludes halogenated alkanes) is 1. The van der Waals surface area contributed by atoms with E-state index >= 15 is 4.11 Å². The number of methoxy groups -OCH3 is 1. The van der Waals surface area contributed by atoms with Crippen molar-refractivity contribution in [1.82, 2.24) is 9.88 Å². The van der Waals surface area contributed by atoms with E-state index in [-0.39, 0.29) is 55.6 Å². The van der Waals surface area contributed by atoms with E-state index in [0.717, 1.165) is 22.9 Å². The van der Waals surface area contributed by atoms with Gasteiger partial charge in [-0.3, -0.25) is 19.2 Å². The van der Waals surface area contributed by atoms with E-state index < -0.39 is 31.6 Å². The fourth-order valence-corrected chi connectivity index (χ4v) is 11.0. The third-order valence-corrected chi connectivity index (χ3v) is 13.3. The van der Waals surface area contributed by atoms with Crippen LogP contribution in [-0.4, -0.2) is 86.0 Å². The number of hydrogen-bond acceptors (Lipinski definition) is 7. The van der Waals surface area contributed by atoms with E-state index in [2.05, 4.69) is 10.3 Å². The van der Waals surface area contributed by atoms with Crippen LogP contribution in [0.25, 0.3) is 10.9 Å². The first kappa shape index (κ1) is 35.7. The van der Waals surface area contributed by atoms with Crippen LogP contribution in [0.5, 0.6) is 0 Å². The Morgan fingerprint density at radius 2 is 1.96 bits per heavy atom. The summed E-state index contributed by atoms with van der Waals surface area (Å²) in [6.07, 6.45) is 3.70. The number of nitrogens with zero attached hydrogens (tertiary/aromatic N) is 2. The van der Waals surface area contributed by atoms with Crippen LogP contribution in [0.15, 0.2) is 48.7 Å². The summed E-state index contributed by atoms with van der Waals surface area (Å²) in [5.41, 5.74) is 1.12. The summed E-state index contributed by atoms with van der Waals surface area (Å²) in [6, 6.07) is 12.7. The number of H-pyrrole nitrogens is 1. The lowest BCUT2D eigenvalue weighted by Gasteiger charge is -2.31. The van der Waals surface area contributed by atoms with Gasteiger partial charge in [0.15, 0.2) is 5.60 Å². The van der Waals surface area contributed by atoms with Crippen LogP contribution in [0.3, 0.4) is 0 Å². The average Bonchev–Trinajstić information content (AvgIpc) is 3.84. The highest BCUT2D eigenvalue weighted by molar-refractivity contribution is 6.72. The molecule has 3 aliphatic rings. The summed E-state index contributed by atoms with van der Waals surface area (Å²) < 4.78 is 27.9. The average molecular weight is 707 g/mol. The maximum absolute atomic E-state index is 16.4. The van der Waals surface area contributed by atoms with Gasteiger partial charge in [0.1, 0.15) is 0 Å². The van der Waals surface area contributed by atoms with Gasteiger partial charge in [-0.1, -0.05) is 25.1 Å².